The summed E-state index contributed by atoms with van der Waals surface area (Å²) in [6.45, 7) is 9.13. The lowest BCUT2D eigenvalue weighted by molar-refractivity contribution is -0.135. The van der Waals surface area contributed by atoms with Crippen LogP contribution in [0.25, 0.3) is 0 Å². The maximum Gasteiger partial charge on any atom is 0.243 e. The third-order valence-electron chi connectivity index (χ3n) is 8.61. The SMILES string of the molecule is CC[C@H](C)[C@H](NC(=O)CCc1ccccc1)C(=O)NCC(=O)NCC(=O)N[C@@H](C(=O)N[C@H](C(=O)N[C@@H](CO)C(N)=O)[C@@H](C)CC)[C@@H](C)CC. The molecule has 0 radical (unpaired) electrons. The normalized spacial score (nSPS) is 15.2. The maximum atomic E-state index is 13.3. The average Bonchev–Trinajstić information content (AvgIpc) is 3.10. The molecule has 274 valence electrons. The van der Waals surface area contributed by atoms with E-state index in [9.17, 15) is 38.7 Å². The molecule has 0 aliphatic rings. The van der Waals surface area contributed by atoms with Gasteiger partial charge in [0.1, 0.15) is 24.2 Å². The summed E-state index contributed by atoms with van der Waals surface area (Å²) in [5, 5.41) is 24.6. The van der Waals surface area contributed by atoms with Crippen LogP contribution in [0.1, 0.15) is 72.8 Å². The molecule has 0 aliphatic carbocycles. The van der Waals surface area contributed by atoms with E-state index in [4.69, 9.17) is 5.73 Å². The van der Waals surface area contributed by atoms with Crippen LogP contribution in [-0.4, -0.2) is 90.3 Å². The van der Waals surface area contributed by atoms with E-state index < -0.39 is 79.3 Å². The highest BCUT2D eigenvalue weighted by Crippen LogP contribution is 2.13. The number of primary amides is 1. The lowest BCUT2D eigenvalue weighted by atomic mass is 9.94. The zero-order valence-electron chi connectivity index (χ0n) is 29.5. The van der Waals surface area contributed by atoms with E-state index in [1.807, 2.05) is 58.0 Å². The van der Waals surface area contributed by atoms with Gasteiger partial charge in [0.05, 0.1) is 19.7 Å². The third kappa shape index (κ3) is 15.1. The summed E-state index contributed by atoms with van der Waals surface area (Å²) in [7, 11) is 0. The molecule has 15 heteroatoms. The highest BCUT2D eigenvalue weighted by Gasteiger charge is 2.33. The Morgan fingerprint density at radius 1 is 0.633 bits per heavy atom. The summed E-state index contributed by atoms with van der Waals surface area (Å²) in [6.07, 6.45) is 2.29. The number of nitrogens with two attached hydrogens (primary N) is 1. The first-order chi connectivity index (χ1) is 23.2. The second kappa shape index (κ2) is 22.2. The topological polar surface area (TPSA) is 238 Å². The van der Waals surface area contributed by atoms with Crippen molar-refractivity contribution in [1.29, 1.82) is 0 Å². The van der Waals surface area contributed by atoms with Crippen LogP contribution < -0.4 is 37.6 Å². The van der Waals surface area contributed by atoms with E-state index in [1.165, 1.54) is 0 Å². The Kier molecular flexibility index (Phi) is 19.2. The van der Waals surface area contributed by atoms with E-state index in [2.05, 4.69) is 31.9 Å². The van der Waals surface area contributed by atoms with Crippen molar-refractivity contribution in [3.63, 3.8) is 0 Å². The van der Waals surface area contributed by atoms with Gasteiger partial charge >= 0.3 is 0 Å². The number of benzene rings is 1. The van der Waals surface area contributed by atoms with Crippen LogP contribution in [0.15, 0.2) is 30.3 Å². The second-order valence-electron chi connectivity index (χ2n) is 12.4. The predicted octanol–water partition coefficient (Wildman–Crippen LogP) is -0.593. The van der Waals surface area contributed by atoms with E-state index in [0.29, 0.717) is 25.7 Å². The van der Waals surface area contributed by atoms with Gasteiger partial charge in [-0.15, -0.1) is 0 Å². The quantitative estimate of drug-likeness (QED) is 0.0781. The average molecular weight is 690 g/mol. The fourth-order valence-electron chi connectivity index (χ4n) is 4.71. The number of aliphatic hydroxyl groups excluding tert-OH is 1. The molecule has 0 heterocycles. The fraction of sp³-hybridized carbons (Fsp3) is 0.618. The van der Waals surface area contributed by atoms with Crippen molar-refractivity contribution >= 4 is 41.4 Å². The molecule has 0 aromatic heterocycles. The summed E-state index contributed by atoms with van der Waals surface area (Å²) < 4.78 is 0. The van der Waals surface area contributed by atoms with Crippen molar-refractivity contribution < 1.29 is 38.7 Å². The molecule has 1 aromatic carbocycles. The van der Waals surface area contributed by atoms with E-state index in [-0.39, 0.29) is 30.1 Å². The molecule has 7 amide bonds. The lowest BCUT2D eigenvalue weighted by Gasteiger charge is -2.29. The Bertz CT molecular complexity index is 1260. The van der Waals surface area contributed by atoms with Gasteiger partial charge in [-0.1, -0.05) is 91.1 Å². The Morgan fingerprint density at radius 2 is 1.10 bits per heavy atom. The van der Waals surface area contributed by atoms with Crippen LogP contribution >= 0.6 is 0 Å². The second-order valence-corrected chi connectivity index (χ2v) is 12.4. The first-order valence-corrected chi connectivity index (χ1v) is 16.9. The molecule has 0 fully saturated rings. The van der Waals surface area contributed by atoms with E-state index in [1.54, 1.807) is 13.8 Å². The van der Waals surface area contributed by atoms with Gasteiger partial charge in [0.2, 0.25) is 41.4 Å². The van der Waals surface area contributed by atoms with Crippen molar-refractivity contribution in [3.8, 4) is 0 Å². The van der Waals surface area contributed by atoms with Gasteiger partial charge in [-0.25, -0.2) is 0 Å². The molecular formula is C34H55N7O8. The van der Waals surface area contributed by atoms with Crippen LogP contribution in [0.3, 0.4) is 0 Å². The molecule has 0 bridgehead atoms. The number of amides is 7. The summed E-state index contributed by atoms with van der Waals surface area (Å²) in [5.41, 5.74) is 6.21. The smallest absolute Gasteiger partial charge is 0.243 e. The fourth-order valence-corrected chi connectivity index (χ4v) is 4.71. The van der Waals surface area contributed by atoms with Crippen LogP contribution in [-0.2, 0) is 40.0 Å². The van der Waals surface area contributed by atoms with Gasteiger partial charge in [-0.2, -0.15) is 0 Å². The molecular weight excluding hydrogens is 634 g/mol. The third-order valence-corrected chi connectivity index (χ3v) is 8.61. The molecule has 0 saturated heterocycles. The summed E-state index contributed by atoms with van der Waals surface area (Å²) in [6, 6.07) is 5.14. The standard InChI is InChI=1S/C34H55N7O8/c1-7-20(4)28(39-25(43)16-15-23-13-11-10-12-14-23)32(47)37-17-26(44)36-18-27(45)40-29(21(5)8-2)34(49)41-30(22(6)9-3)33(48)38-24(19-42)31(35)46/h10-14,20-22,24,28-30,42H,7-9,15-19H2,1-6H3,(H2,35,46)(H,36,44)(H,37,47)(H,38,48)(H,39,43)(H,40,45)(H,41,49)/t20-,21-,22-,24-,28-,29+,30-/m0/s1. The van der Waals surface area contributed by atoms with Crippen LogP contribution in [0.4, 0.5) is 0 Å². The molecule has 0 spiro atoms. The summed E-state index contributed by atoms with van der Waals surface area (Å²) >= 11 is 0. The highest BCUT2D eigenvalue weighted by atomic mass is 16.3. The number of nitrogens with one attached hydrogen (secondary N) is 6. The lowest BCUT2D eigenvalue weighted by Crippen LogP contribution is -2.60. The Morgan fingerprint density at radius 3 is 1.61 bits per heavy atom. The summed E-state index contributed by atoms with van der Waals surface area (Å²) in [5.74, 6) is -5.41. The van der Waals surface area contributed by atoms with Crippen molar-refractivity contribution in [2.24, 2.45) is 23.5 Å². The minimum absolute atomic E-state index is 0.195. The predicted molar refractivity (Wildman–Crippen MR) is 183 cm³/mol. The van der Waals surface area contributed by atoms with Crippen molar-refractivity contribution in [2.75, 3.05) is 19.7 Å². The van der Waals surface area contributed by atoms with Gasteiger partial charge in [-0.05, 0) is 29.7 Å². The molecule has 1 rings (SSSR count). The van der Waals surface area contributed by atoms with Gasteiger partial charge in [0, 0.05) is 6.42 Å². The minimum Gasteiger partial charge on any atom is -0.394 e. The number of aryl methyl sites for hydroxylation is 1. The molecule has 15 nitrogen and oxygen atoms in total. The number of carbonyl (C=O) groups is 7. The maximum absolute atomic E-state index is 13.3. The first kappa shape index (κ1) is 42.5. The Labute approximate surface area is 288 Å². The molecule has 0 aliphatic heterocycles. The minimum atomic E-state index is -1.33. The highest BCUT2D eigenvalue weighted by molar-refractivity contribution is 5.95. The van der Waals surface area contributed by atoms with Crippen molar-refractivity contribution in [2.45, 2.75) is 97.8 Å². The molecule has 9 N–H and O–H groups in total. The largest absolute Gasteiger partial charge is 0.394 e. The molecule has 7 atom stereocenters. The van der Waals surface area contributed by atoms with Crippen LogP contribution in [0, 0.1) is 17.8 Å². The molecule has 0 saturated carbocycles. The summed E-state index contributed by atoms with van der Waals surface area (Å²) in [4.78, 5) is 88.7. The van der Waals surface area contributed by atoms with Crippen LogP contribution in [0.2, 0.25) is 0 Å². The number of aliphatic hydroxyl groups is 1. The zero-order valence-corrected chi connectivity index (χ0v) is 29.5. The van der Waals surface area contributed by atoms with Crippen molar-refractivity contribution in [1.82, 2.24) is 31.9 Å². The Balaban J connectivity index is 2.76. The van der Waals surface area contributed by atoms with Gasteiger partial charge in [-0.3, -0.25) is 33.6 Å². The number of hydrogen-bond acceptors (Lipinski definition) is 8. The molecule has 0 unspecified atom stereocenters. The molecule has 49 heavy (non-hydrogen) atoms. The monoisotopic (exact) mass is 689 g/mol. The van der Waals surface area contributed by atoms with Gasteiger partial charge < -0.3 is 42.7 Å². The number of carbonyl (C=O) groups excluding carboxylic acids is 7. The Hall–Kier alpha value is -4.53. The first-order valence-electron chi connectivity index (χ1n) is 16.9. The van der Waals surface area contributed by atoms with Crippen LogP contribution in [0.5, 0.6) is 0 Å². The van der Waals surface area contributed by atoms with Gasteiger partial charge in [0.25, 0.3) is 0 Å². The van der Waals surface area contributed by atoms with E-state index >= 15 is 0 Å². The van der Waals surface area contributed by atoms with Gasteiger partial charge in [0.15, 0.2) is 0 Å². The number of rotatable bonds is 22. The molecule has 1 aromatic rings. The zero-order chi connectivity index (χ0) is 37.1. The number of hydrogen-bond donors (Lipinski definition) is 8. The van der Waals surface area contributed by atoms with Crippen molar-refractivity contribution in [3.05, 3.63) is 35.9 Å². The van der Waals surface area contributed by atoms with E-state index in [0.717, 1.165) is 5.56 Å².